The Bertz CT molecular complexity index is 304. The molecule has 0 aliphatic rings. The average Bonchev–Trinajstić information content (AvgIpc) is 2.03. The molecule has 1 rings (SSSR count). The summed E-state index contributed by atoms with van der Waals surface area (Å²) in [6, 6.07) is 1.89. The van der Waals surface area contributed by atoms with E-state index in [4.69, 9.17) is 5.11 Å². The summed E-state index contributed by atoms with van der Waals surface area (Å²) in [6.45, 7) is 0.477. The molecule has 1 aromatic rings. The van der Waals surface area contributed by atoms with E-state index in [0.29, 0.717) is 6.54 Å². The molecule has 0 bridgehead atoms. The third-order valence-corrected chi connectivity index (χ3v) is 1.80. The minimum absolute atomic E-state index is 0.0352. The Morgan fingerprint density at radius 2 is 2.38 bits per heavy atom. The van der Waals surface area contributed by atoms with Crippen LogP contribution in [0.5, 0.6) is 0 Å². The number of nitrogens with one attached hydrogen (secondary N) is 1. The Labute approximate surface area is 84.1 Å². The van der Waals surface area contributed by atoms with Crippen LogP contribution in [0.3, 0.4) is 0 Å². The molecule has 0 amide bonds. The van der Waals surface area contributed by atoms with E-state index in [0.717, 1.165) is 10.0 Å². The highest BCUT2D eigenvalue weighted by Gasteiger charge is 1.97. The number of pyridine rings is 1. The molecule has 0 aromatic carbocycles. The fraction of sp³-hybridized carbons (Fsp3) is 0.250. The second-order valence-electron chi connectivity index (χ2n) is 2.51. The van der Waals surface area contributed by atoms with Gasteiger partial charge in [-0.1, -0.05) is 0 Å². The maximum atomic E-state index is 10.2. The lowest BCUT2D eigenvalue weighted by Crippen LogP contribution is -2.21. The predicted octanol–water partition coefficient (Wildman–Crippen LogP) is 1.02. The zero-order chi connectivity index (χ0) is 9.68. The van der Waals surface area contributed by atoms with Crippen molar-refractivity contribution >= 4 is 21.9 Å². The van der Waals surface area contributed by atoms with Crippen LogP contribution in [-0.2, 0) is 11.3 Å². The second-order valence-corrected chi connectivity index (χ2v) is 3.42. The molecular weight excluding hydrogens is 236 g/mol. The number of halogens is 1. The maximum absolute atomic E-state index is 10.2. The lowest BCUT2D eigenvalue weighted by atomic mass is 10.3. The van der Waals surface area contributed by atoms with Crippen LogP contribution in [0.15, 0.2) is 22.9 Å². The molecule has 0 fully saturated rings. The van der Waals surface area contributed by atoms with E-state index >= 15 is 0 Å². The van der Waals surface area contributed by atoms with Gasteiger partial charge in [-0.2, -0.15) is 0 Å². The van der Waals surface area contributed by atoms with E-state index in [-0.39, 0.29) is 6.54 Å². The molecule has 1 aromatic heterocycles. The zero-order valence-corrected chi connectivity index (χ0v) is 8.41. The van der Waals surface area contributed by atoms with Crippen molar-refractivity contribution in [3.63, 3.8) is 0 Å². The molecule has 0 unspecified atom stereocenters. The van der Waals surface area contributed by atoms with Gasteiger partial charge in [0.1, 0.15) is 0 Å². The smallest absolute Gasteiger partial charge is 0.317 e. The number of hydrogen-bond acceptors (Lipinski definition) is 3. The number of aliphatic carboxylic acids is 1. The van der Waals surface area contributed by atoms with Crippen molar-refractivity contribution in [3.05, 3.63) is 28.5 Å². The number of aromatic nitrogens is 1. The van der Waals surface area contributed by atoms with Crippen LogP contribution in [0.1, 0.15) is 5.56 Å². The van der Waals surface area contributed by atoms with E-state index in [1.165, 1.54) is 0 Å². The molecule has 0 aliphatic heterocycles. The minimum atomic E-state index is -0.858. The molecule has 0 spiro atoms. The topological polar surface area (TPSA) is 62.2 Å². The van der Waals surface area contributed by atoms with Gasteiger partial charge >= 0.3 is 5.97 Å². The summed E-state index contributed by atoms with van der Waals surface area (Å²) >= 11 is 3.28. The number of hydrogen-bond donors (Lipinski definition) is 2. The van der Waals surface area contributed by atoms with Crippen molar-refractivity contribution in [3.8, 4) is 0 Å². The van der Waals surface area contributed by atoms with Gasteiger partial charge in [0.2, 0.25) is 0 Å². The van der Waals surface area contributed by atoms with Crippen LogP contribution in [0.2, 0.25) is 0 Å². The van der Waals surface area contributed by atoms with Gasteiger partial charge in [-0.3, -0.25) is 9.78 Å². The first kappa shape index (κ1) is 10.1. The lowest BCUT2D eigenvalue weighted by Gasteiger charge is -2.01. The third-order valence-electron chi connectivity index (χ3n) is 1.37. The van der Waals surface area contributed by atoms with Gasteiger partial charge in [0.25, 0.3) is 0 Å². The van der Waals surface area contributed by atoms with Gasteiger partial charge in [-0.05, 0) is 27.6 Å². The van der Waals surface area contributed by atoms with E-state index < -0.39 is 5.97 Å². The highest BCUT2D eigenvalue weighted by Crippen LogP contribution is 2.08. The minimum Gasteiger partial charge on any atom is -0.480 e. The molecule has 2 N–H and O–H groups in total. The van der Waals surface area contributed by atoms with E-state index in [1.807, 2.05) is 6.07 Å². The standard InChI is InChI=1S/C8H9BrN2O2/c9-7-1-6(2-10-4-7)3-11-5-8(12)13/h1-2,4,11H,3,5H2,(H,12,13). The quantitative estimate of drug-likeness (QED) is 0.831. The summed E-state index contributed by atoms with van der Waals surface area (Å²) in [6.07, 6.45) is 3.38. The van der Waals surface area contributed by atoms with Crippen molar-refractivity contribution in [2.75, 3.05) is 6.54 Å². The van der Waals surface area contributed by atoms with Crippen molar-refractivity contribution in [2.45, 2.75) is 6.54 Å². The molecule has 0 aliphatic carbocycles. The van der Waals surface area contributed by atoms with E-state index in [1.54, 1.807) is 12.4 Å². The molecule has 0 atom stereocenters. The molecule has 0 saturated heterocycles. The first-order chi connectivity index (χ1) is 6.18. The molecule has 70 valence electrons. The second kappa shape index (κ2) is 4.94. The summed E-state index contributed by atoms with van der Waals surface area (Å²) in [5.74, 6) is -0.858. The summed E-state index contributed by atoms with van der Waals surface area (Å²) in [4.78, 5) is 14.1. The third kappa shape index (κ3) is 4.00. The first-order valence-corrected chi connectivity index (χ1v) is 4.50. The Kier molecular flexibility index (Phi) is 3.85. The van der Waals surface area contributed by atoms with Crippen molar-refractivity contribution in [1.29, 1.82) is 0 Å². The SMILES string of the molecule is O=C(O)CNCc1cncc(Br)c1. The lowest BCUT2D eigenvalue weighted by molar-refractivity contribution is -0.135. The normalized spacial score (nSPS) is 9.92. The summed E-state index contributed by atoms with van der Waals surface area (Å²) in [7, 11) is 0. The predicted molar refractivity (Wildman–Crippen MR) is 51.3 cm³/mol. The molecule has 0 saturated carbocycles. The van der Waals surface area contributed by atoms with Crippen LogP contribution in [0.4, 0.5) is 0 Å². The summed E-state index contributed by atoms with van der Waals surface area (Å²) in [5.41, 5.74) is 0.954. The van der Waals surface area contributed by atoms with Gasteiger partial charge in [-0.15, -0.1) is 0 Å². The van der Waals surface area contributed by atoms with E-state index in [9.17, 15) is 4.79 Å². The summed E-state index contributed by atoms with van der Waals surface area (Å²) in [5, 5.41) is 11.1. The maximum Gasteiger partial charge on any atom is 0.317 e. The molecule has 4 nitrogen and oxygen atoms in total. The fourth-order valence-electron chi connectivity index (χ4n) is 0.866. The molecule has 5 heteroatoms. The van der Waals surface area contributed by atoms with Crippen molar-refractivity contribution in [1.82, 2.24) is 10.3 Å². The number of rotatable bonds is 4. The molecule has 1 heterocycles. The van der Waals surface area contributed by atoms with Crippen molar-refractivity contribution < 1.29 is 9.90 Å². The largest absolute Gasteiger partial charge is 0.480 e. The zero-order valence-electron chi connectivity index (χ0n) is 6.83. The molecular formula is C8H9BrN2O2. The van der Waals surface area contributed by atoms with Gasteiger partial charge in [0.15, 0.2) is 0 Å². The highest BCUT2D eigenvalue weighted by molar-refractivity contribution is 9.10. The van der Waals surface area contributed by atoms with Gasteiger partial charge in [0, 0.05) is 23.4 Å². The Morgan fingerprint density at radius 3 is 3.00 bits per heavy atom. The van der Waals surface area contributed by atoms with E-state index in [2.05, 4.69) is 26.2 Å². The Balaban J connectivity index is 2.41. The van der Waals surface area contributed by atoms with Crippen LogP contribution in [0, 0.1) is 0 Å². The van der Waals surface area contributed by atoms with Crippen molar-refractivity contribution in [2.24, 2.45) is 0 Å². The number of nitrogens with zero attached hydrogens (tertiary/aromatic N) is 1. The Morgan fingerprint density at radius 1 is 1.62 bits per heavy atom. The van der Waals surface area contributed by atoms with Crippen LogP contribution in [-0.4, -0.2) is 22.6 Å². The Hall–Kier alpha value is -0.940. The monoisotopic (exact) mass is 244 g/mol. The average molecular weight is 245 g/mol. The fourth-order valence-corrected chi connectivity index (χ4v) is 1.28. The number of carbonyl (C=O) groups is 1. The number of carboxylic acid groups (broad SMARTS) is 1. The molecule has 0 radical (unpaired) electrons. The van der Waals surface area contributed by atoms with Gasteiger partial charge in [-0.25, -0.2) is 0 Å². The highest BCUT2D eigenvalue weighted by atomic mass is 79.9. The number of carboxylic acids is 1. The van der Waals surface area contributed by atoms with Crippen LogP contribution < -0.4 is 5.32 Å². The van der Waals surface area contributed by atoms with Crippen LogP contribution in [0.25, 0.3) is 0 Å². The summed E-state index contributed by atoms with van der Waals surface area (Å²) < 4.78 is 0.891. The van der Waals surface area contributed by atoms with Gasteiger partial charge < -0.3 is 10.4 Å². The van der Waals surface area contributed by atoms with Crippen LogP contribution >= 0.6 is 15.9 Å². The molecule has 13 heavy (non-hydrogen) atoms. The van der Waals surface area contributed by atoms with Gasteiger partial charge in [0.05, 0.1) is 6.54 Å². The first-order valence-electron chi connectivity index (χ1n) is 3.70.